The van der Waals surface area contributed by atoms with Gasteiger partial charge < -0.3 is 20.1 Å². The lowest BCUT2D eigenvalue weighted by Gasteiger charge is -2.32. The van der Waals surface area contributed by atoms with E-state index in [0.717, 1.165) is 25.1 Å². The largest absolute Gasteiger partial charge is 0.365 e. The summed E-state index contributed by atoms with van der Waals surface area (Å²) in [5.41, 5.74) is 5.16. The molecule has 0 unspecified atom stereocenters. The summed E-state index contributed by atoms with van der Waals surface area (Å²) in [4.78, 5) is 34.1. The average Bonchev–Trinajstić information content (AvgIpc) is 3.11. The maximum atomic E-state index is 11.7. The van der Waals surface area contributed by atoms with Gasteiger partial charge in [0.1, 0.15) is 12.0 Å². The molecular formula is C15H19N7O4. The minimum absolute atomic E-state index is 0.0466. The number of aromatic nitrogens is 3. The van der Waals surface area contributed by atoms with E-state index in [4.69, 9.17) is 10.3 Å². The molecule has 0 saturated carbocycles. The van der Waals surface area contributed by atoms with Gasteiger partial charge in [0.15, 0.2) is 0 Å². The first-order chi connectivity index (χ1) is 12.4. The van der Waals surface area contributed by atoms with Gasteiger partial charge in [-0.2, -0.15) is 4.98 Å². The third-order valence-electron chi connectivity index (χ3n) is 4.30. The van der Waals surface area contributed by atoms with Crippen molar-refractivity contribution < 1.29 is 14.2 Å². The number of rotatable bonds is 5. The quantitative estimate of drug-likeness (QED) is 0.607. The van der Waals surface area contributed by atoms with Crippen LogP contribution in [0.3, 0.4) is 0 Å². The van der Waals surface area contributed by atoms with Gasteiger partial charge in [-0.1, -0.05) is 0 Å². The SMILES string of the molecule is CN(C)c1noc(C2CCN(c3ncc([N+](=O)[O-])cc3C(N)=O)CC2)n1. The summed E-state index contributed by atoms with van der Waals surface area (Å²) in [6.07, 6.45) is 2.59. The molecule has 1 aliphatic heterocycles. The number of pyridine rings is 1. The van der Waals surface area contributed by atoms with Crippen molar-refractivity contribution in [2.24, 2.45) is 5.73 Å². The highest BCUT2D eigenvalue weighted by atomic mass is 16.6. The van der Waals surface area contributed by atoms with Crippen molar-refractivity contribution >= 4 is 23.4 Å². The Morgan fingerprint density at radius 3 is 2.65 bits per heavy atom. The minimum atomic E-state index is -0.745. The van der Waals surface area contributed by atoms with Crippen molar-refractivity contribution in [2.75, 3.05) is 37.0 Å². The maximum absolute atomic E-state index is 11.7. The Balaban J connectivity index is 1.75. The van der Waals surface area contributed by atoms with Gasteiger partial charge in [-0.3, -0.25) is 14.9 Å². The molecule has 138 valence electrons. The van der Waals surface area contributed by atoms with E-state index in [1.165, 1.54) is 0 Å². The molecule has 1 amide bonds. The lowest BCUT2D eigenvalue weighted by atomic mass is 9.96. The van der Waals surface area contributed by atoms with Crippen LogP contribution < -0.4 is 15.5 Å². The topological polar surface area (TPSA) is 145 Å². The summed E-state index contributed by atoms with van der Waals surface area (Å²) < 4.78 is 5.32. The van der Waals surface area contributed by atoms with Gasteiger partial charge in [-0.05, 0) is 18.0 Å². The van der Waals surface area contributed by atoms with E-state index in [1.54, 1.807) is 4.90 Å². The minimum Gasteiger partial charge on any atom is -0.365 e. The summed E-state index contributed by atoms with van der Waals surface area (Å²) in [5, 5.41) is 14.8. The molecule has 2 aromatic rings. The Labute approximate surface area is 148 Å². The Morgan fingerprint density at radius 1 is 1.42 bits per heavy atom. The fraction of sp³-hybridized carbons (Fsp3) is 0.467. The van der Waals surface area contributed by atoms with Crippen LogP contribution >= 0.6 is 0 Å². The molecule has 1 fully saturated rings. The Bertz CT molecular complexity index is 827. The van der Waals surface area contributed by atoms with E-state index in [1.807, 2.05) is 19.0 Å². The molecule has 2 aromatic heterocycles. The summed E-state index contributed by atoms with van der Waals surface area (Å²) in [7, 11) is 3.67. The van der Waals surface area contributed by atoms with Gasteiger partial charge in [0.25, 0.3) is 17.5 Å². The van der Waals surface area contributed by atoms with E-state index in [0.29, 0.717) is 30.7 Å². The number of nitrogens with two attached hydrogens (primary N) is 1. The molecule has 3 heterocycles. The highest BCUT2D eigenvalue weighted by Gasteiger charge is 2.28. The molecule has 3 rings (SSSR count). The molecule has 0 radical (unpaired) electrons. The van der Waals surface area contributed by atoms with Crippen LogP contribution in [-0.4, -0.2) is 53.1 Å². The van der Waals surface area contributed by atoms with Crippen LogP contribution in [-0.2, 0) is 0 Å². The normalized spacial score (nSPS) is 15.1. The molecule has 26 heavy (non-hydrogen) atoms. The lowest BCUT2D eigenvalue weighted by Crippen LogP contribution is -2.35. The first kappa shape index (κ1) is 17.6. The van der Waals surface area contributed by atoms with Crippen molar-refractivity contribution in [3.8, 4) is 0 Å². The summed E-state index contributed by atoms with van der Waals surface area (Å²) in [6.45, 7) is 1.19. The number of anilines is 2. The molecular weight excluding hydrogens is 342 g/mol. The van der Waals surface area contributed by atoms with Crippen LogP contribution in [0.15, 0.2) is 16.8 Å². The third-order valence-corrected chi connectivity index (χ3v) is 4.30. The predicted octanol–water partition coefficient (Wildman–Crippen LogP) is 0.922. The Morgan fingerprint density at radius 2 is 2.12 bits per heavy atom. The zero-order valence-corrected chi connectivity index (χ0v) is 14.5. The summed E-state index contributed by atoms with van der Waals surface area (Å²) in [5.74, 6) is 0.838. The van der Waals surface area contributed by atoms with Gasteiger partial charge in [0, 0.05) is 39.2 Å². The highest BCUT2D eigenvalue weighted by molar-refractivity contribution is 5.98. The van der Waals surface area contributed by atoms with E-state index in [-0.39, 0.29) is 17.2 Å². The first-order valence-electron chi connectivity index (χ1n) is 8.07. The third kappa shape index (κ3) is 3.41. The number of hydrogen-bond donors (Lipinski definition) is 1. The predicted molar refractivity (Wildman–Crippen MR) is 92.2 cm³/mol. The fourth-order valence-electron chi connectivity index (χ4n) is 2.89. The Kier molecular flexibility index (Phi) is 4.69. The van der Waals surface area contributed by atoms with E-state index in [2.05, 4.69) is 15.1 Å². The number of carbonyl (C=O) groups excluding carboxylic acids is 1. The van der Waals surface area contributed by atoms with Crippen molar-refractivity contribution in [2.45, 2.75) is 18.8 Å². The number of piperidine rings is 1. The fourth-order valence-corrected chi connectivity index (χ4v) is 2.89. The second kappa shape index (κ2) is 6.94. The summed E-state index contributed by atoms with van der Waals surface area (Å²) >= 11 is 0. The second-order valence-corrected chi connectivity index (χ2v) is 6.27. The second-order valence-electron chi connectivity index (χ2n) is 6.27. The van der Waals surface area contributed by atoms with Gasteiger partial charge in [0.05, 0.1) is 10.5 Å². The van der Waals surface area contributed by atoms with Crippen LogP contribution in [0.25, 0.3) is 0 Å². The van der Waals surface area contributed by atoms with E-state index < -0.39 is 10.8 Å². The van der Waals surface area contributed by atoms with Gasteiger partial charge >= 0.3 is 0 Å². The molecule has 0 bridgehead atoms. The molecule has 0 aromatic carbocycles. The number of primary amides is 1. The number of carbonyl (C=O) groups is 1. The molecule has 2 N–H and O–H groups in total. The number of nitrogens with zero attached hydrogens (tertiary/aromatic N) is 6. The van der Waals surface area contributed by atoms with Gasteiger partial charge in [-0.25, -0.2) is 4.98 Å². The van der Waals surface area contributed by atoms with Crippen LogP contribution in [0.1, 0.15) is 35.0 Å². The van der Waals surface area contributed by atoms with E-state index in [9.17, 15) is 14.9 Å². The van der Waals surface area contributed by atoms with Crippen molar-refractivity contribution in [3.63, 3.8) is 0 Å². The molecule has 11 nitrogen and oxygen atoms in total. The molecule has 1 saturated heterocycles. The van der Waals surface area contributed by atoms with Crippen molar-refractivity contribution in [1.82, 2.24) is 15.1 Å². The number of nitro groups is 1. The van der Waals surface area contributed by atoms with Crippen LogP contribution in [0.5, 0.6) is 0 Å². The smallest absolute Gasteiger partial charge is 0.288 e. The number of amides is 1. The van der Waals surface area contributed by atoms with Crippen molar-refractivity contribution in [1.29, 1.82) is 0 Å². The first-order valence-corrected chi connectivity index (χ1v) is 8.07. The number of hydrogen-bond acceptors (Lipinski definition) is 9. The Hall–Kier alpha value is -3.24. The van der Waals surface area contributed by atoms with Crippen molar-refractivity contribution in [3.05, 3.63) is 33.8 Å². The zero-order chi connectivity index (χ0) is 18.8. The average molecular weight is 361 g/mol. The highest BCUT2D eigenvalue weighted by Crippen LogP contribution is 2.31. The van der Waals surface area contributed by atoms with Crippen LogP contribution in [0.2, 0.25) is 0 Å². The molecule has 11 heteroatoms. The van der Waals surface area contributed by atoms with Crippen LogP contribution in [0, 0.1) is 10.1 Å². The molecule has 1 aliphatic rings. The molecule has 0 spiro atoms. The standard InChI is InChI=1S/C15H19N7O4/c1-20(2)15-18-14(26-19-15)9-3-5-21(6-4-9)13-11(12(16)23)7-10(8-17-13)22(24)25/h7-9H,3-6H2,1-2H3,(H2,16,23). The maximum Gasteiger partial charge on any atom is 0.288 e. The van der Waals surface area contributed by atoms with Crippen LogP contribution in [0.4, 0.5) is 17.5 Å². The summed E-state index contributed by atoms with van der Waals surface area (Å²) in [6, 6.07) is 1.16. The molecule has 0 atom stereocenters. The monoisotopic (exact) mass is 361 g/mol. The zero-order valence-electron chi connectivity index (χ0n) is 14.5. The molecule has 0 aliphatic carbocycles. The van der Waals surface area contributed by atoms with Gasteiger partial charge in [-0.15, -0.1) is 0 Å². The van der Waals surface area contributed by atoms with E-state index >= 15 is 0 Å². The lowest BCUT2D eigenvalue weighted by molar-refractivity contribution is -0.385. The van der Waals surface area contributed by atoms with Gasteiger partial charge in [0.2, 0.25) is 5.89 Å².